The van der Waals surface area contributed by atoms with E-state index >= 15 is 0 Å². The molecule has 0 N–H and O–H groups in total. The number of nitrogens with zero attached hydrogens (tertiary/aromatic N) is 2. The number of aryl methyl sites for hydroxylation is 4. The fraction of sp³-hybridized carbons (Fsp3) is 0.0682. The highest BCUT2D eigenvalue weighted by Gasteiger charge is 2.49. The lowest BCUT2D eigenvalue weighted by Gasteiger charge is -2.36. The van der Waals surface area contributed by atoms with Crippen molar-refractivity contribution < 1.29 is 0 Å². The summed E-state index contributed by atoms with van der Waals surface area (Å²) in [6, 6.07) is 113. The number of hydrogen-bond acceptors (Lipinski definition) is 2. The van der Waals surface area contributed by atoms with Crippen LogP contribution in [-0.2, 0) is 10.8 Å². The van der Waals surface area contributed by atoms with E-state index in [4.69, 9.17) is 0 Å². The Labute approximate surface area is 530 Å². The van der Waals surface area contributed by atoms with Gasteiger partial charge in [-0.15, -0.1) is 0 Å². The first kappa shape index (κ1) is 55.5. The molecule has 0 radical (unpaired) electrons. The SMILES string of the molecule is C=Cc1ccc(C2(c3cc(C)ccc3C)c3ccccc3-c3ccc(N(c4ccccc4)c4ccc(-c5ccc(-c6ccc(N(c7ccccc7)c7ccc8c(c7)C(c7ccc(C=C)cc7)(c7cc(C)ccc7C)c7ccccc7-8)cc6)cc5)cc4)cc32)cc1. The van der Waals surface area contributed by atoms with Gasteiger partial charge >= 0.3 is 0 Å². The van der Waals surface area contributed by atoms with Crippen LogP contribution in [-0.4, -0.2) is 0 Å². The lowest BCUT2D eigenvalue weighted by Crippen LogP contribution is -2.30. The van der Waals surface area contributed by atoms with E-state index in [2.05, 4.69) is 354 Å². The Hall–Kier alpha value is -11.1. The third-order valence-electron chi connectivity index (χ3n) is 19.2. The third kappa shape index (κ3) is 9.09. The zero-order valence-electron chi connectivity index (χ0n) is 51.3. The van der Waals surface area contributed by atoms with Crippen molar-refractivity contribution in [3.8, 4) is 44.5 Å². The first-order valence-corrected chi connectivity index (χ1v) is 31.3. The van der Waals surface area contributed by atoms with Crippen LogP contribution >= 0.6 is 0 Å². The van der Waals surface area contributed by atoms with Gasteiger partial charge in [0.2, 0.25) is 0 Å². The molecule has 13 aromatic rings. The molecule has 2 atom stereocenters. The van der Waals surface area contributed by atoms with Crippen molar-refractivity contribution in [2.75, 3.05) is 9.80 Å². The Bertz CT molecular complexity index is 4550. The van der Waals surface area contributed by atoms with Crippen LogP contribution in [0.4, 0.5) is 34.1 Å². The molecule has 0 spiro atoms. The quantitative estimate of drug-likeness (QED) is 0.107. The first-order chi connectivity index (χ1) is 44.1. The molecular formula is C88H68N2. The van der Waals surface area contributed by atoms with Crippen molar-refractivity contribution >= 4 is 46.3 Å². The van der Waals surface area contributed by atoms with Crippen molar-refractivity contribution in [2.24, 2.45) is 0 Å². The largest absolute Gasteiger partial charge is 0.310 e. The second-order valence-electron chi connectivity index (χ2n) is 24.4. The minimum absolute atomic E-state index is 0.562. The van der Waals surface area contributed by atoms with E-state index in [0.29, 0.717) is 0 Å². The van der Waals surface area contributed by atoms with Crippen LogP contribution in [0.25, 0.3) is 56.7 Å². The average Bonchev–Trinajstić information content (AvgIpc) is 1.54. The van der Waals surface area contributed by atoms with E-state index < -0.39 is 10.8 Å². The minimum atomic E-state index is -0.562. The van der Waals surface area contributed by atoms with Gasteiger partial charge in [0.15, 0.2) is 0 Å². The molecule has 90 heavy (non-hydrogen) atoms. The van der Waals surface area contributed by atoms with Crippen molar-refractivity contribution in [3.63, 3.8) is 0 Å². The summed E-state index contributed by atoms with van der Waals surface area (Å²) in [7, 11) is 0. The maximum absolute atomic E-state index is 4.10. The molecule has 2 aliphatic rings. The van der Waals surface area contributed by atoms with Gasteiger partial charge in [-0.25, -0.2) is 0 Å². The summed E-state index contributed by atoms with van der Waals surface area (Å²) in [6.07, 6.45) is 3.86. The first-order valence-electron chi connectivity index (χ1n) is 31.3. The van der Waals surface area contributed by atoms with Crippen LogP contribution in [0.15, 0.2) is 316 Å². The highest BCUT2D eigenvalue weighted by atomic mass is 15.1. The second-order valence-corrected chi connectivity index (χ2v) is 24.4. The number of hydrogen-bond donors (Lipinski definition) is 0. The molecule has 0 saturated carbocycles. The fourth-order valence-electron chi connectivity index (χ4n) is 14.9. The van der Waals surface area contributed by atoms with Crippen molar-refractivity contribution in [3.05, 3.63) is 394 Å². The Morgan fingerprint density at radius 2 is 0.567 bits per heavy atom. The van der Waals surface area contributed by atoms with Crippen molar-refractivity contribution in [2.45, 2.75) is 38.5 Å². The van der Waals surface area contributed by atoms with E-state index in [1.807, 2.05) is 12.2 Å². The van der Waals surface area contributed by atoms with E-state index in [1.165, 1.54) is 89.0 Å². The normalized spacial score (nSPS) is 15.1. The van der Waals surface area contributed by atoms with E-state index in [-0.39, 0.29) is 0 Å². The van der Waals surface area contributed by atoms with Gasteiger partial charge in [-0.05, 0) is 212 Å². The fourth-order valence-corrected chi connectivity index (χ4v) is 14.9. The molecule has 0 aromatic heterocycles. The number of benzene rings is 13. The van der Waals surface area contributed by atoms with Gasteiger partial charge in [0, 0.05) is 34.1 Å². The lowest BCUT2D eigenvalue weighted by atomic mass is 9.66. The molecule has 0 heterocycles. The van der Waals surface area contributed by atoms with Gasteiger partial charge < -0.3 is 9.80 Å². The van der Waals surface area contributed by atoms with Gasteiger partial charge in [-0.2, -0.15) is 0 Å². The van der Waals surface area contributed by atoms with Gasteiger partial charge in [-0.3, -0.25) is 0 Å². The number of para-hydroxylation sites is 2. The van der Waals surface area contributed by atoms with Crippen LogP contribution in [0.5, 0.6) is 0 Å². The predicted octanol–water partition coefficient (Wildman–Crippen LogP) is 23.2. The molecule has 0 fully saturated rings. The molecule has 0 bridgehead atoms. The van der Waals surface area contributed by atoms with E-state index in [9.17, 15) is 0 Å². The minimum Gasteiger partial charge on any atom is -0.310 e. The van der Waals surface area contributed by atoms with Gasteiger partial charge in [0.1, 0.15) is 0 Å². The number of fused-ring (bicyclic) bond motifs is 6. The highest BCUT2D eigenvalue weighted by Crippen LogP contribution is 2.60. The Kier molecular flexibility index (Phi) is 13.9. The maximum Gasteiger partial charge on any atom is 0.0716 e. The Balaban J connectivity index is 0.763. The molecule has 0 amide bonds. The number of rotatable bonds is 14. The Morgan fingerprint density at radius 1 is 0.256 bits per heavy atom. The molecule has 430 valence electrons. The summed E-state index contributed by atoms with van der Waals surface area (Å²) in [6.45, 7) is 17.1. The summed E-state index contributed by atoms with van der Waals surface area (Å²) in [5, 5.41) is 0. The van der Waals surface area contributed by atoms with Gasteiger partial charge in [0.05, 0.1) is 10.8 Å². The summed E-state index contributed by atoms with van der Waals surface area (Å²) < 4.78 is 0. The molecule has 2 heteroatoms. The van der Waals surface area contributed by atoms with Gasteiger partial charge in [0.25, 0.3) is 0 Å². The van der Waals surface area contributed by atoms with Crippen LogP contribution in [0.1, 0.15) is 77.9 Å². The molecule has 0 saturated heterocycles. The molecule has 13 aromatic carbocycles. The smallest absolute Gasteiger partial charge is 0.0716 e. The standard InChI is InChI=1S/C88H68N2/c1-7-63-31-43-69(44-32-63)87(83-55-59(3)27-29-61(83)5)81-25-17-15-23-77(81)79-53-51-75(57-85(79)87)89(71-19-11-9-12-20-71)73-47-39-67(40-48-73)65-35-37-66(38-36-65)68-41-49-74(50-42-68)90(72-21-13-10-14-22-72)76-52-54-80-78-24-16-18-26-82(78)88(86(80)58-76,70-45-33-64(8-2)34-46-70)84-56-60(4)28-30-62(84)6/h7-58H,1-2H2,3-6H3. The predicted molar refractivity (Wildman–Crippen MR) is 380 cm³/mol. The van der Waals surface area contributed by atoms with Crippen molar-refractivity contribution in [1.82, 2.24) is 0 Å². The molecule has 2 unspecified atom stereocenters. The molecule has 0 aliphatic heterocycles. The van der Waals surface area contributed by atoms with E-state index in [0.717, 1.165) is 67.5 Å². The average molecular weight is 1150 g/mol. The van der Waals surface area contributed by atoms with Crippen molar-refractivity contribution in [1.29, 1.82) is 0 Å². The van der Waals surface area contributed by atoms with Crippen LogP contribution in [0.2, 0.25) is 0 Å². The third-order valence-corrected chi connectivity index (χ3v) is 19.2. The Morgan fingerprint density at radius 3 is 0.933 bits per heavy atom. The van der Waals surface area contributed by atoms with Crippen LogP contribution < -0.4 is 9.80 Å². The number of anilines is 6. The molecule has 15 rings (SSSR count). The summed E-state index contributed by atoms with van der Waals surface area (Å²) >= 11 is 0. The van der Waals surface area contributed by atoms with Crippen LogP contribution in [0, 0.1) is 27.7 Å². The topological polar surface area (TPSA) is 6.48 Å². The van der Waals surface area contributed by atoms with E-state index in [1.54, 1.807) is 0 Å². The highest BCUT2D eigenvalue weighted by molar-refractivity contribution is 5.92. The lowest BCUT2D eigenvalue weighted by molar-refractivity contribution is 0.759. The summed E-state index contributed by atoms with van der Waals surface area (Å²) in [5.74, 6) is 0. The monoisotopic (exact) mass is 1150 g/mol. The summed E-state index contributed by atoms with van der Waals surface area (Å²) in [5.41, 5.74) is 32.5. The summed E-state index contributed by atoms with van der Waals surface area (Å²) in [4.78, 5) is 4.81. The van der Waals surface area contributed by atoms with Gasteiger partial charge in [-0.1, -0.05) is 267 Å². The molecule has 2 aliphatic carbocycles. The van der Waals surface area contributed by atoms with Crippen LogP contribution in [0.3, 0.4) is 0 Å². The molecular weight excluding hydrogens is 1080 g/mol. The zero-order valence-corrected chi connectivity index (χ0v) is 51.3. The molecule has 2 nitrogen and oxygen atoms in total. The zero-order chi connectivity index (χ0) is 61.1. The maximum atomic E-state index is 4.10. The second kappa shape index (κ2) is 22.6.